The molecule has 1 aromatic heterocycles. The number of ether oxygens (including phenoxy) is 1. The summed E-state index contributed by atoms with van der Waals surface area (Å²) < 4.78 is 5.07. The first-order chi connectivity index (χ1) is 12.1. The number of hydrogen-bond donors (Lipinski definition) is 1. The second-order valence-corrected chi connectivity index (χ2v) is 6.24. The van der Waals surface area contributed by atoms with Crippen LogP contribution < -0.4 is 10.2 Å². The molecule has 132 valence electrons. The van der Waals surface area contributed by atoms with Gasteiger partial charge in [0.25, 0.3) is 0 Å². The van der Waals surface area contributed by atoms with Crippen LogP contribution in [0.15, 0.2) is 36.7 Å². The lowest BCUT2D eigenvalue weighted by Crippen LogP contribution is -2.44. The summed E-state index contributed by atoms with van der Waals surface area (Å²) in [7, 11) is 3.66. The maximum atomic E-state index is 12.8. The summed E-state index contributed by atoms with van der Waals surface area (Å²) in [6.45, 7) is 3.76. The van der Waals surface area contributed by atoms with Gasteiger partial charge in [-0.15, -0.1) is 0 Å². The van der Waals surface area contributed by atoms with Crippen molar-refractivity contribution in [2.24, 2.45) is 0 Å². The minimum absolute atomic E-state index is 0.0673. The molecule has 1 aromatic carbocycles. The standard InChI is InChI=1S/C18H23N5O2/c1-13-9-22(2)16-7-5-4-6-14(16)10-23(13)18(24)21-17-8-15(11-25-3)19-12-20-17/h4-8,12-13H,9-11H2,1-3H3,(H,19,20,21,24)/t13-/m0/s1. The summed E-state index contributed by atoms with van der Waals surface area (Å²) in [5.41, 5.74) is 3.02. The zero-order valence-electron chi connectivity index (χ0n) is 14.8. The van der Waals surface area contributed by atoms with Gasteiger partial charge in [-0.2, -0.15) is 0 Å². The molecule has 25 heavy (non-hydrogen) atoms. The van der Waals surface area contributed by atoms with Crippen LogP contribution in [0.25, 0.3) is 0 Å². The predicted octanol–water partition coefficient (Wildman–Crippen LogP) is 2.50. The molecule has 0 fully saturated rings. The van der Waals surface area contributed by atoms with E-state index in [2.05, 4.69) is 46.3 Å². The second kappa shape index (κ2) is 7.48. The Morgan fingerprint density at radius 2 is 2.16 bits per heavy atom. The Morgan fingerprint density at radius 3 is 2.96 bits per heavy atom. The SMILES string of the molecule is COCc1cc(NC(=O)N2Cc3ccccc3N(C)C[C@@H]2C)ncn1. The number of likely N-dealkylation sites (N-methyl/N-ethyl adjacent to an activating group) is 1. The number of benzene rings is 1. The van der Waals surface area contributed by atoms with E-state index in [0.29, 0.717) is 19.0 Å². The third-order valence-corrected chi connectivity index (χ3v) is 4.33. The van der Waals surface area contributed by atoms with Crippen LogP contribution in [0.1, 0.15) is 18.2 Å². The molecular formula is C18H23N5O2. The highest BCUT2D eigenvalue weighted by atomic mass is 16.5. The summed E-state index contributed by atoms with van der Waals surface area (Å²) in [6.07, 6.45) is 1.43. The third-order valence-electron chi connectivity index (χ3n) is 4.33. The first-order valence-corrected chi connectivity index (χ1v) is 8.25. The van der Waals surface area contributed by atoms with Crippen molar-refractivity contribution in [3.63, 3.8) is 0 Å². The summed E-state index contributed by atoms with van der Waals surface area (Å²) in [5, 5.41) is 2.88. The normalized spacial score (nSPS) is 17.0. The zero-order chi connectivity index (χ0) is 17.8. The Kier molecular flexibility index (Phi) is 5.14. The highest BCUT2D eigenvalue weighted by Gasteiger charge is 2.27. The van der Waals surface area contributed by atoms with Gasteiger partial charge in [0.1, 0.15) is 12.1 Å². The predicted molar refractivity (Wildman–Crippen MR) is 96.5 cm³/mol. The minimum Gasteiger partial charge on any atom is -0.378 e. The molecule has 0 aliphatic carbocycles. The van der Waals surface area contributed by atoms with Gasteiger partial charge < -0.3 is 14.5 Å². The number of anilines is 2. The van der Waals surface area contributed by atoms with Gasteiger partial charge in [0, 0.05) is 45.0 Å². The van der Waals surface area contributed by atoms with Crippen LogP contribution in [-0.2, 0) is 17.9 Å². The summed E-state index contributed by atoms with van der Waals surface area (Å²) in [6, 6.07) is 9.80. The van der Waals surface area contributed by atoms with E-state index in [-0.39, 0.29) is 12.1 Å². The van der Waals surface area contributed by atoms with Gasteiger partial charge in [0.2, 0.25) is 0 Å². The van der Waals surface area contributed by atoms with Gasteiger partial charge in [0.05, 0.1) is 12.3 Å². The molecule has 0 saturated heterocycles. The molecular weight excluding hydrogens is 318 g/mol. The van der Waals surface area contributed by atoms with Gasteiger partial charge in [-0.05, 0) is 18.6 Å². The number of urea groups is 1. The lowest BCUT2D eigenvalue weighted by atomic mass is 10.1. The molecule has 0 unspecified atom stereocenters. The van der Waals surface area contributed by atoms with Gasteiger partial charge >= 0.3 is 6.03 Å². The lowest BCUT2D eigenvalue weighted by Gasteiger charge is -2.28. The molecule has 1 N–H and O–H groups in total. The van der Waals surface area contributed by atoms with Crippen molar-refractivity contribution in [2.75, 3.05) is 30.9 Å². The molecule has 2 amide bonds. The smallest absolute Gasteiger partial charge is 0.323 e. The van der Waals surface area contributed by atoms with Crippen molar-refractivity contribution in [3.8, 4) is 0 Å². The molecule has 1 atom stereocenters. The average Bonchev–Trinajstić information content (AvgIpc) is 2.72. The Balaban J connectivity index is 1.78. The zero-order valence-corrected chi connectivity index (χ0v) is 14.8. The molecule has 0 spiro atoms. The van der Waals surface area contributed by atoms with E-state index < -0.39 is 0 Å². The maximum absolute atomic E-state index is 12.8. The highest BCUT2D eigenvalue weighted by molar-refractivity contribution is 5.88. The fraction of sp³-hybridized carbons (Fsp3) is 0.389. The number of carbonyl (C=O) groups is 1. The number of nitrogens with zero attached hydrogens (tertiary/aromatic N) is 4. The van der Waals surface area contributed by atoms with E-state index in [9.17, 15) is 4.79 Å². The number of para-hydroxylation sites is 1. The molecule has 2 heterocycles. The number of fused-ring (bicyclic) bond motifs is 1. The molecule has 3 rings (SSSR count). The van der Waals surface area contributed by atoms with Crippen molar-refractivity contribution in [1.29, 1.82) is 0 Å². The molecule has 2 aromatic rings. The average molecular weight is 341 g/mol. The molecule has 1 aliphatic rings. The van der Waals surface area contributed by atoms with Crippen LogP contribution in [-0.4, -0.2) is 47.6 Å². The van der Waals surface area contributed by atoms with Crippen LogP contribution >= 0.6 is 0 Å². The van der Waals surface area contributed by atoms with E-state index in [1.54, 1.807) is 13.2 Å². The minimum atomic E-state index is -0.167. The fourth-order valence-electron chi connectivity index (χ4n) is 3.10. The van der Waals surface area contributed by atoms with E-state index in [1.807, 2.05) is 17.0 Å². The van der Waals surface area contributed by atoms with Gasteiger partial charge in [-0.25, -0.2) is 14.8 Å². The molecule has 7 heteroatoms. The number of amides is 2. The topological polar surface area (TPSA) is 70.6 Å². The Labute approximate surface area is 147 Å². The molecule has 7 nitrogen and oxygen atoms in total. The molecule has 0 saturated carbocycles. The second-order valence-electron chi connectivity index (χ2n) is 6.24. The van der Waals surface area contributed by atoms with Crippen molar-refractivity contribution in [2.45, 2.75) is 26.1 Å². The number of rotatable bonds is 3. The summed E-state index contributed by atoms with van der Waals surface area (Å²) >= 11 is 0. The van der Waals surface area contributed by atoms with Crippen LogP contribution in [0.2, 0.25) is 0 Å². The van der Waals surface area contributed by atoms with Crippen molar-refractivity contribution >= 4 is 17.5 Å². The van der Waals surface area contributed by atoms with Gasteiger partial charge in [-0.1, -0.05) is 18.2 Å². The number of nitrogens with one attached hydrogen (secondary N) is 1. The lowest BCUT2D eigenvalue weighted by molar-refractivity contribution is 0.181. The highest BCUT2D eigenvalue weighted by Crippen LogP contribution is 2.26. The maximum Gasteiger partial charge on any atom is 0.323 e. The third kappa shape index (κ3) is 3.88. The number of aromatic nitrogens is 2. The van der Waals surface area contributed by atoms with Gasteiger partial charge in [0.15, 0.2) is 0 Å². The number of hydrogen-bond acceptors (Lipinski definition) is 5. The summed E-state index contributed by atoms with van der Waals surface area (Å²) in [4.78, 5) is 25.1. The molecule has 0 radical (unpaired) electrons. The van der Waals surface area contributed by atoms with Crippen LogP contribution in [0.3, 0.4) is 0 Å². The van der Waals surface area contributed by atoms with Crippen molar-refractivity contribution < 1.29 is 9.53 Å². The summed E-state index contributed by atoms with van der Waals surface area (Å²) in [5.74, 6) is 0.477. The Bertz CT molecular complexity index is 752. The number of methoxy groups -OCH3 is 1. The van der Waals surface area contributed by atoms with E-state index in [1.165, 1.54) is 6.33 Å². The largest absolute Gasteiger partial charge is 0.378 e. The van der Waals surface area contributed by atoms with Crippen LogP contribution in [0.4, 0.5) is 16.3 Å². The first kappa shape index (κ1) is 17.2. The first-order valence-electron chi connectivity index (χ1n) is 8.25. The van der Waals surface area contributed by atoms with E-state index in [4.69, 9.17) is 4.74 Å². The molecule has 0 bridgehead atoms. The van der Waals surface area contributed by atoms with Crippen molar-refractivity contribution in [3.05, 3.63) is 47.9 Å². The van der Waals surface area contributed by atoms with Crippen LogP contribution in [0.5, 0.6) is 0 Å². The van der Waals surface area contributed by atoms with Crippen LogP contribution in [0, 0.1) is 0 Å². The quantitative estimate of drug-likeness (QED) is 0.929. The van der Waals surface area contributed by atoms with E-state index >= 15 is 0 Å². The Hall–Kier alpha value is -2.67. The number of carbonyl (C=O) groups excluding carboxylic acids is 1. The van der Waals surface area contributed by atoms with Gasteiger partial charge in [-0.3, -0.25) is 5.32 Å². The monoisotopic (exact) mass is 341 g/mol. The fourth-order valence-corrected chi connectivity index (χ4v) is 3.10. The van der Waals surface area contributed by atoms with E-state index in [0.717, 1.165) is 23.5 Å². The Morgan fingerprint density at radius 1 is 1.36 bits per heavy atom. The molecule has 1 aliphatic heterocycles. The van der Waals surface area contributed by atoms with Crippen molar-refractivity contribution in [1.82, 2.24) is 14.9 Å².